The minimum Gasteiger partial charge on any atom is -0.480 e. The molecule has 4 fully saturated rings. The van der Waals surface area contributed by atoms with Crippen LogP contribution in [0.3, 0.4) is 0 Å². The molecule has 4 saturated heterocycles. The number of allylic oxidation sites excluding steroid dienone is 1. The van der Waals surface area contributed by atoms with E-state index >= 15 is 0 Å². The number of rotatable bonds is 29. The first-order chi connectivity index (χ1) is 68.0. The maximum Gasteiger partial charge on any atom is 0.293 e. The zero-order valence-corrected chi connectivity index (χ0v) is 87.4. The number of benzene rings is 3. The summed E-state index contributed by atoms with van der Waals surface area (Å²) in [5.74, 6) is 4.64. The van der Waals surface area contributed by atoms with Crippen molar-refractivity contribution >= 4 is 172 Å². The van der Waals surface area contributed by atoms with E-state index in [0.717, 1.165) is 140 Å². The van der Waals surface area contributed by atoms with Gasteiger partial charge < -0.3 is 88.4 Å². The van der Waals surface area contributed by atoms with E-state index in [1.807, 2.05) is 147 Å². The lowest BCUT2D eigenvalue weighted by Crippen LogP contribution is -2.51. The molecule has 0 radical (unpaired) electrons. The van der Waals surface area contributed by atoms with E-state index in [1.54, 1.807) is 103 Å². The van der Waals surface area contributed by atoms with Gasteiger partial charge >= 0.3 is 0 Å². The Kier molecular flexibility index (Phi) is 44.4. The molecule has 0 bridgehead atoms. The third kappa shape index (κ3) is 30.6. The molecule has 760 valence electrons. The third-order valence-corrected chi connectivity index (χ3v) is 24.7. The Bertz CT molecular complexity index is 6210. The van der Waals surface area contributed by atoms with E-state index in [9.17, 15) is 43.5 Å². The van der Waals surface area contributed by atoms with Gasteiger partial charge in [0.05, 0.1) is 53.5 Å². The fourth-order valence-corrected chi connectivity index (χ4v) is 16.3. The van der Waals surface area contributed by atoms with Gasteiger partial charge in [0, 0.05) is 157 Å². The summed E-state index contributed by atoms with van der Waals surface area (Å²) < 4.78 is 26.6. The van der Waals surface area contributed by atoms with Crippen LogP contribution >= 0.6 is 46.4 Å². The van der Waals surface area contributed by atoms with Crippen LogP contribution in [0, 0.1) is 5.92 Å². The van der Waals surface area contributed by atoms with E-state index in [2.05, 4.69) is 87.8 Å². The van der Waals surface area contributed by atoms with Crippen molar-refractivity contribution in [3.05, 3.63) is 184 Å². The highest BCUT2D eigenvalue weighted by Crippen LogP contribution is 2.37. The van der Waals surface area contributed by atoms with Crippen molar-refractivity contribution in [3.8, 4) is 17.2 Å². The average molecular weight is 2020 g/mol. The summed E-state index contributed by atoms with van der Waals surface area (Å²) in [6.07, 6.45) is 24.8. The second-order valence-corrected chi connectivity index (χ2v) is 35.1. The zero-order chi connectivity index (χ0) is 103. The van der Waals surface area contributed by atoms with E-state index in [-0.39, 0.29) is 119 Å². The lowest BCUT2D eigenvalue weighted by Gasteiger charge is -2.41. The number of aryl methyl sites for hydroxylation is 3. The summed E-state index contributed by atoms with van der Waals surface area (Å²) in [5, 5.41) is 26.8. The Hall–Kier alpha value is -12.3. The van der Waals surface area contributed by atoms with Crippen LogP contribution in [0.4, 0.5) is 64.1 Å². The highest BCUT2D eigenvalue weighted by molar-refractivity contribution is 6.34. The smallest absolute Gasteiger partial charge is 0.293 e. The number of Topliss-reactive ketones (excluding diaryl/α,β-unsaturated/α-hetero) is 4. The van der Waals surface area contributed by atoms with E-state index in [1.165, 1.54) is 26.5 Å². The largest absolute Gasteiger partial charge is 0.480 e. The first kappa shape index (κ1) is 112. The van der Waals surface area contributed by atoms with Crippen molar-refractivity contribution in [1.29, 1.82) is 0 Å². The normalized spacial score (nSPS) is 15.7. The second-order valence-electron chi connectivity index (χ2n) is 33.5. The number of piperidine rings is 3. The number of likely N-dealkylation sites (N-methyl/N-ethyl adjacent to an activating group) is 1. The number of pyridine rings is 3. The molecule has 3 aromatic carbocycles. The number of nitrogens with one attached hydrogen (secondary N) is 4. The number of aliphatic hydroxyl groups is 1. The molecule has 16 rings (SSSR count). The monoisotopic (exact) mass is 2020 g/mol. The molecule has 6 aliphatic rings. The standard InChI is InChI=1S/C25H32ClN5O3.C24H29ClN6O3.C23H26ClN5O4.C23H26ClN5O3.4C2H6/c1-4-19(32)15-34-22-13-17-12-18(8-9-21(17)31(16(2)3)24(22)33)28-23-20(26)14-27-25(29-23)30-10-6-5-7-11-30;1-4-18(32)15-34-21-13-16-12-17(6-7-20(16)30(3)23(21)33)27-22-19(25)14-26-24(28-22)31-9-5-8-29(2)10-11-31;1-3-16(30)13-33-20-11-14-10-15(4-5-19(14)28(2)22(20)32)26-21-18(24)12-25-23(27-21)29-8-6-17(31)7-9-29;1-3-17(30)14-32-20-12-15-11-16(7-8-19(15)28(2)22(20)31)26-21-18(24)13-25-23(27-21)29-9-5-4-6-10-29;4*1-2/h8-9,12-14,16-17,21H,4-7,10-11,15H2,1-3H3,(H,27,28,29);6-7,12-14H,4-5,8-11,15H2,1-3H3,(H,26,27,28);4-5,10-12,17,31H,3,6-9,13H2,1-2H3,(H,25,26,27);7-8,11-13H,3-6,9-10,14H2,1-2H3,(H,25,26,27);4*1-2H3. The summed E-state index contributed by atoms with van der Waals surface area (Å²) in [4.78, 5) is 146. The predicted octanol–water partition coefficient (Wildman–Crippen LogP) is 18.5. The van der Waals surface area contributed by atoms with Gasteiger partial charge in [-0.25, -0.2) is 19.9 Å². The third-order valence-electron chi connectivity index (χ3n) is 23.6. The van der Waals surface area contributed by atoms with E-state index < -0.39 is 0 Å². The maximum absolute atomic E-state index is 13.0. The molecule has 34 nitrogen and oxygen atoms in total. The lowest BCUT2D eigenvalue weighted by atomic mass is 9.87. The minimum absolute atomic E-state index is 0.0230. The number of aliphatic hydroxyl groups excluding tert-OH is 1. The van der Waals surface area contributed by atoms with Crippen LogP contribution in [-0.2, 0) is 49.9 Å². The quantitative estimate of drug-likeness (QED) is 0.0291. The summed E-state index contributed by atoms with van der Waals surface area (Å²) in [6, 6.07) is 21.5. The van der Waals surface area contributed by atoms with Gasteiger partial charge in [-0.15, -0.1) is 0 Å². The van der Waals surface area contributed by atoms with Gasteiger partial charge in [-0.05, 0) is 170 Å². The van der Waals surface area contributed by atoms with Gasteiger partial charge in [-0.3, -0.25) is 38.4 Å². The number of hydrogen-bond donors (Lipinski definition) is 5. The van der Waals surface area contributed by atoms with Crippen LogP contribution in [-0.4, -0.2) is 215 Å². The molecule has 12 heterocycles. The highest BCUT2D eigenvalue weighted by Gasteiger charge is 2.39. The molecule has 141 heavy (non-hydrogen) atoms. The van der Waals surface area contributed by atoms with Gasteiger partial charge in [0.2, 0.25) is 23.8 Å². The fourth-order valence-electron chi connectivity index (χ4n) is 15.8. The van der Waals surface area contributed by atoms with Crippen molar-refractivity contribution < 1.29 is 48.0 Å². The Labute approximate surface area is 845 Å². The van der Waals surface area contributed by atoms with Crippen molar-refractivity contribution in [1.82, 2.24) is 63.4 Å². The Balaban J connectivity index is 0.000000205. The van der Waals surface area contributed by atoms with Gasteiger partial charge in [0.1, 0.15) is 46.5 Å². The topological polar surface area (TPSA) is 379 Å². The number of carbonyl (C=O) groups excluding carboxylic acids is 5. The van der Waals surface area contributed by atoms with Crippen molar-refractivity contribution in [2.24, 2.45) is 27.1 Å². The number of carbonyl (C=O) groups is 5. The molecule has 0 spiro atoms. The summed E-state index contributed by atoms with van der Waals surface area (Å²) in [6.45, 7) is 35.4. The maximum atomic E-state index is 13.0. The van der Waals surface area contributed by atoms with E-state index in [0.29, 0.717) is 119 Å². The minimum atomic E-state index is -0.303. The number of ketones is 4. The van der Waals surface area contributed by atoms with Gasteiger partial charge in [-0.1, -0.05) is 142 Å². The van der Waals surface area contributed by atoms with E-state index in [4.69, 9.17) is 65.4 Å². The van der Waals surface area contributed by atoms with Gasteiger partial charge in [0.15, 0.2) is 69.4 Å². The molecular weight excluding hydrogens is 1880 g/mol. The van der Waals surface area contributed by atoms with Crippen LogP contribution in [0.15, 0.2) is 148 Å². The molecule has 38 heteroatoms. The van der Waals surface area contributed by atoms with Crippen LogP contribution in [0.5, 0.6) is 17.2 Å². The molecule has 5 N–H and O–H groups in total. The fraction of sp³-hybridized carbons (Fsp3) is 0.476. The van der Waals surface area contributed by atoms with Crippen molar-refractivity contribution in [2.75, 3.05) is 140 Å². The molecule has 5 aliphatic heterocycles. The number of anilines is 11. The first-order valence-electron chi connectivity index (χ1n) is 49.0. The number of aromatic nitrogens is 11. The highest BCUT2D eigenvalue weighted by atomic mass is 35.5. The molecular formula is C103H137Cl4N21O13. The first-order valence-corrected chi connectivity index (χ1v) is 50.5. The number of amides is 1. The van der Waals surface area contributed by atoms with Crippen LogP contribution < -0.4 is 71.8 Å². The summed E-state index contributed by atoms with van der Waals surface area (Å²) in [7, 11) is 7.14. The molecule has 1 amide bonds. The average Bonchev–Trinajstić information content (AvgIpc) is 0.818. The van der Waals surface area contributed by atoms with Crippen LogP contribution in [0.2, 0.25) is 20.1 Å². The SMILES string of the molecule is CC.CC.CC.CC.CCC(=O)COC1=CC2C=C(Nc3nc(N4CCCCC4)ncc3Cl)C=CC2N(C(C)C)C1=O.CCC(=O)COc1cc2cc(Nc3nc(N4CCC(O)CC4)ncc3Cl)ccc2n(C)c1=O.CCC(=O)COc1cc2cc(Nc3nc(N4CCCCC4)ncc3Cl)ccc2n(C)c1=O.CCC(=O)COc1cc2cc(Nc3nc(N4CCCN(C)CC4)ncc3Cl)ccc2n(C)c1=O. The lowest BCUT2D eigenvalue weighted by molar-refractivity contribution is -0.137. The Morgan fingerprint density at radius 2 is 0.738 bits per heavy atom. The summed E-state index contributed by atoms with van der Waals surface area (Å²) in [5.41, 5.74) is 4.40. The molecule has 2 unspecified atom stereocenters. The van der Waals surface area contributed by atoms with Gasteiger partial charge in [-0.2, -0.15) is 19.9 Å². The predicted molar refractivity (Wildman–Crippen MR) is 567 cm³/mol. The molecule has 1 aliphatic carbocycles. The Morgan fingerprint density at radius 3 is 1.09 bits per heavy atom. The second kappa shape index (κ2) is 55.8. The zero-order valence-electron chi connectivity index (χ0n) is 84.4. The van der Waals surface area contributed by atoms with Gasteiger partial charge in [0.25, 0.3) is 22.6 Å². The number of fused-ring (bicyclic) bond motifs is 4. The molecule has 0 saturated carbocycles. The number of nitrogens with zero attached hydrogens (tertiary/aromatic N) is 17. The summed E-state index contributed by atoms with van der Waals surface area (Å²) >= 11 is 25.5. The Morgan fingerprint density at radius 1 is 0.411 bits per heavy atom. The molecule has 7 aromatic heterocycles. The van der Waals surface area contributed by atoms with Crippen molar-refractivity contribution in [2.45, 2.75) is 199 Å². The van der Waals surface area contributed by atoms with Crippen LogP contribution in [0.25, 0.3) is 32.7 Å². The van der Waals surface area contributed by atoms with Crippen LogP contribution in [0.1, 0.15) is 180 Å². The number of halogens is 4. The molecule has 2 atom stereocenters. The van der Waals surface area contributed by atoms with Crippen molar-refractivity contribution in [3.63, 3.8) is 0 Å². The number of hydrogen-bond acceptors (Lipinski definition) is 30. The molecule has 10 aromatic rings. The number of ether oxygens (including phenoxy) is 4.